The van der Waals surface area contributed by atoms with E-state index in [0.717, 1.165) is 41.7 Å². The number of piperidine rings is 1. The molecule has 0 amide bonds. The van der Waals surface area contributed by atoms with Crippen LogP contribution in [0, 0.1) is 5.41 Å². The molecular weight excluding hydrogens is 306 g/mol. The minimum absolute atomic E-state index is 0.0981. The van der Waals surface area contributed by atoms with E-state index >= 15 is 0 Å². The summed E-state index contributed by atoms with van der Waals surface area (Å²) in [6.45, 7) is 3.93. The van der Waals surface area contributed by atoms with E-state index in [1.807, 2.05) is 18.2 Å². The standard InChI is InChI=1S/C14H20BrN3O/c1-14(19-2)6-3-7-18(9-14)12-5-4-10(15)8-11(12)13(16)17/h4-5,8H,3,6-7,9H2,1-2H3,(H3,16,17). The Morgan fingerprint density at radius 1 is 1.53 bits per heavy atom. The number of methoxy groups -OCH3 is 1. The first-order valence-corrected chi connectivity index (χ1v) is 7.18. The van der Waals surface area contributed by atoms with Crippen molar-refractivity contribution in [3.05, 3.63) is 28.2 Å². The van der Waals surface area contributed by atoms with Crippen molar-refractivity contribution in [1.82, 2.24) is 0 Å². The van der Waals surface area contributed by atoms with E-state index in [4.69, 9.17) is 15.9 Å². The van der Waals surface area contributed by atoms with Crippen LogP contribution in [0.3, 0.4) is 0 Å². The fourth-order valence-corrected chi connectivity index (χ4v) is 2.94. The predicted octanol–water partition coefficient (Wildman–Crippen LogP) is 2.74. The zero-order chi connectivity index (χ0) is 14.0. The number of benzene rings is 1. The highest BCUT2D eigenvalue weighted by atomic mass is 79.9. The Labute approximate surface area is 122 Å². The lowest BCUT2D eigenvalue weighted by Gasteiger charge is -2.41. The molecule has 0 spiro atoms. The van der Waals surface area contributed by atoms with E-state index in [-0.39, 0.29) is 11.4 Å². The van der Waals surface area contributed by atoms with Gasteiger partial charge in [0.25, 0.3) is 0 Å². The van der Waals surface area contributed by atoms with E-state index < -0.39 is 0 Å². The van der Waals surface area contributed by atoms with Crippen molar-refractivity contribution in [3.8, 4) is 0 Å². The molecule has 1 aromatic carbocycles. The molecule has 2 rings (SSSR count). The molecule has 3 N–H and O–H groups in total. The summed E-state index contributed by atoms with van der Waals surface area (Å²) in [7, 11) is 1.76. The van der Waals surface area contributed by atoms with Gasteiger partial charge in [-0.05, 0) is 38.0 Å². The quantitative estimate of drug-likeness (QED) is 0.663. The average molecular weight is 326 g/mol. The molecule has 0 bridgehead atoms. The zero-order valence-corrected chi connectivity index (χ0v) is 13.0. The number of nitrogen functional groups attached to an aromatic ring is 1. The highest BCUT2D eigenvalue weighted by Gasteiger charge is 2.31. The molecule has 0 saturated carbocycles. The lowest BCUT2D eigenvalue weighted by atomic mass is 9.93. The molecule has 19 heavy (non-hydrogen) atoms. The molecule has 0 radical (unpaired) electrons. The van der Waals surface area contributed by atoms with Crippen molar-refractivity contribution < 1.29 is 4.74 Å². The second kappa shape index (κ2) is 5.51. The third kappa shape index (κ3) is 3.09. The molecule has 0 aliphatic carbocycles. The molecular formula is C14H20BrN3O. The van der Waals surface area contributed by atoms with Crippen molar-refractivity contribution in [2.45, 2.75) is 25.4 Å². The number of rotatable bonds is 3. The summed E-state index contributed by atoms with van der Waals surface area (Å²) in [5.41, 5.74) is 7.35. The van der Waals surface area contributed by atoms with Gasteiger partial charge in [0.1, 0.15) is 5.84 Å². The molecule has 4 nitrogen and oxygen atoms in total. The third-order valence-electron chi connectivity index (χ3n) is 3.74. The van der Waals surface area contributed by atoms with Crippen LogP contribution < -0.4 is 10.6 Å². The van der Waals surface area contributed by atoms with E-state index in [1.165, 1.54) is 0 Å². The number of nitrogens with one attached hydrogen (secondary N) is 1. The molecule has 1 atom stereocenters. The Hall–Kier alpha value is -1.07. The van der Waals surface area contributed by atoms with Gasteiger partial charge in [-0.2, -0.15) is 0 Å². The van der Waals surface area contributed by atoms with Gasteiger partial charge < -0.3 is 15.4 Å². The van der Waals surface area contributed by atoms with Gasteiger partial charge in [-0.1, -0.05) is 15.9 Å². The summed E-state index contributed by atoms with van der Waals surface area (Å²) in [6, 6.07) is 5.90. The Morgan fingerprint density at radius 2 is 2.26 bits per heavy atom. The predicted molar refractivity (Wildman–Crippen MR) is 82.0 cm³/mol. The lowest BCUT2D eigenvalue weighted by Crippen LogP contribution is -2.48. The maximum Gasteiger partial charge on any atom is 0.124 e. The second-order valence-corrected chi connectivity index (χ2v) is 6.17. The number of hydrogen-bond acceptors (Lipinski definition) is 3. The fourth-order valence-electron chi connectivity index (χ4n) is 2.58. The van der Waals surface area contributed by atoms with Gasteiger partial charge >= 0.3 is 0 Å². The molecule has 1 heterocycles. The molecule has 104 valence electrons. The maximum absolute atomic E-state index is 7.73. The van der Waals surface area contributed by atoms with E-state index in [9.17, 15) is 0 Å². The summed E-state index contributed by atoms with van der Waals surface area (Å²) < 4.78 is 6.56. The van der Waals surface area contributed by atoms with Crippen LogP contribution in [0.15, 0.2) is 22.7 Å². The van der Waals surface area contributed by atoms with E-state index in [1.54, 1.807) is 7.11 Å². The minimum atomic E-state index is -0.126. The van der Waals surface area contributed by atoms with Gasteiger partial charge in [-0.15, -0.1) is 0 Å². The number of amidine groups is 1. The molecule has 1 aromatic rings. The van der Waals surface area contributed by atoms with Gasteiger partial charge in [0.2, 0.25) is 0 Å². The molecule has 1 unspecified atom stereocenters. The van der Waals surface area contributed by atoms with Crippen LogP contribution in [-0.2, 0) is 4.74 Å². The van der Waals surface area contributed by atoms with Crippen molar-refractivity contribution in [3.63, 3.8) is 0 Å². The van der Waals surface area contributed by atoms with Crippen LogP contribution in [0.5, 0.6) is 0 Å². The van der Waals surface area contributed by atoms with Gasteiger partial charge in [0.15, 0.2) is 0 Å². The highest BCUT2D eigenvalue weighted by Crippen LogP contribution is 2.31. The molecule has 1 saturated heterocycles. The number of hydrogen-bond donors (Lipinski definition) is 2. The minimum Gasteiger partial charge on any atom is -0.384 e. The average Bonchev–Trinajstić information content (AvgIpc) is 2.38. The number of ether oxygens (including phenoxy) is 1. The molecule has 5 heteroatoms. The van der Waals surface area contributed by atoms with Crippen molar-refractivity contribution in [2.75, 3.05) is 25.1 Å². The van der Waals surface area contributed by atoms with Crippen LogP contribution in [0.2, 0.25) is 0 Å². The summed E-state index contributed by atoms with van der Waals surface area (Å²) in [6.07, 6.45) is 2.14. The number of halogens is 1. The zero-order valence-electron chi connectivity index (χ0n) is 11.4. The normalized spacial score (nSPS) is 23.4. The molecule has 1 aliphatic heterocycles. The van der Waals surface area contributed by atoms with E-state index in [2.05, 4.69) is 27.8 Å². The largest absolute Gasteiger partial charge is 0.384 e. The summed E-state index contributed by atoms with van der Waals surface area (Å²) in [4.78, 5) is 2.26. The monoisotopic (exact) mass is 325 g/mol. The first kappa shape index (κ1) is 14.3. The van der Waals surface area contributed by atoms with Crippen molar-refractivity contribution in [2.24, 2.45) is 5.73 Å². The van der Waals surface area contributed by atoms with Crippen LogP contribution in [0.1, 0.15) is 25.3 Å². The second-order valence-electron chi connectivity index (χ2n) is 5.25. The van der Waals surface area contributed by atoms with Gasteiger partial charge in [-0.25, -0.2) is 0 Å². The molecule has 1 fully saturated rings. The fraction of sp³-hybridized carbons (Fsp3) is 0.500. The van der Waals surface area contributed by atoms with Gasteiger partial charge in [0, 0.05) is 35.9 Å². The SMILES string of the molecule is COC1(C)CCCN(c2ccc(Br)cc2C(=N)N)C1. The Bertz CT molecular complexity index is 492. The lowest BCUT2D eigenvalue weighted by molar-refractivity contribution is -0.00465. The van der Waals surface area contributed by atoms with Gasteiger partial charge in [0.05, 0.1) is 5.60 Å². The topological polar surface area (TPSA) is 62.3 Å². The number of nitrogens with zero attached hydrogens (tertiary/aromatic N) is 1. The number of anilines is 1. The van der Waals surface area contributed by atoms with Crippen LogP contribution in [-0.4, -0.2) is 31.6 Å². The van der Waals surface area contributed by atoms with Crippen molar-refractivity contribution in [1.29, 1.82) is 5.41 Å². The first-order chi connectivity index (χ1) is 8.95. The summed E-state index contributed by atoms with van der Waals surface area (Å²) >= 11 is 3.43. The third-order valence-corrected chi connectivity index (χ3v) is 4.23. The maximum atomic E-state index is 7.73. The van der Waals surface area contributed by atoms with Crippen LogP contribution >= 0.6 is 15.9 Å². The smallest absolute Gasteiger partial charge is 0.124 e. The molecule has 1 aliphatic rings. The summed E-state index contributed by atoms with van der Waals surface area (Å²) in [5, 5.41) is 7.73. The first-order valence-electron chi connectivity index (χ1n) is 6.39. The van der Waals surface area contributed by atoms with Crippen molar-refractivity contribution >= 4 is 27.5 Å². The Balaban J connectivity index is 2.33. The van der Waals surface area contributed by atoms with Crippen LogP contribution in [0.4, 0.5) is 5.69 Å². The Morgan fingerprint density at radius 3 is 2.89 bits per heavy atom. The number of nitrogens with two attached hydrogens (primary N) is 1. The van der Waals surface area contributed by atoms with Gasteiger partial charge in [-0.3, -0.25) is 5.41 Å². The highest BCUT2D eigenvalue weighted by molar-refractivity contribution is 9.10. The van der Waals surface area contributed by atoms with E-state index in [0.29, 0.717) is 0 Å². The van der Waals surface area contributed by atoms with Crippen LogP contribution in [0.25, 0.3) is 0 Å². The Kier molecular flexibility index (Phi) is 4.16. The summed E-state index contributed by atoms with van der Waals surface area (Å²) in [5.74, 6) is 0.0981. The molecule has 0 aromatic heterocycles.